The molecule has 0 heterocycles. The van der Waals surface area contributed by atoms with Gasteiger partial charge in [-0.25, -0.2) is 0 Å². The van der Waals surface area contributed by atoms with Crippen LogP contribution in [0.2, 0.25) is 0 Å². The van der Waals surface area contributed by atoms with Crippen molar-refractivity contribution < 1.29 is 4.74 Å². The topological polar surface area (TPSA) is 35.2 Å². The Hall–Kier alpha value is -1.02. The highest BCUT2D eigenvalue weighted by Gasteiger charge is 2.12. The first kappa shape index (κ1) is 12.1. The van der Waals surface area contributed by atoms with Gasteiger partial charge in [0.15, 0.2) is 0 Å². The Bertz CT molecular complexity index is 326. The van der Waals surface area contributed by atoms with Crippen LogP contribution in [0.25, 0.3) is 0 Å². The van der Waals surface area contributed by atoms with Crippen LogP contribution in [0.4, 0.5) is 0 Å². The van der Waals surface area contributed by atoms with E-state index in [1.807, 2.05) is 12.1 Å². The quantitative estimate of drug-likeness (QED) is 0.823. The summed E-state index contributed by atoms with van der Waals surface area (Å²) < 4.78 is 5.29. The largest absolute Gasteiger partial charge is 0.496 e. The summed E-state index contributed by atoms with van der Waals surface area (Å²) >= 11 is 0. The van der Waals surface area contributed by atoms with Crippen LogP contribution in [0.3, 0.4) is 0 Å². The van der Waals surface area contributed by atoms with Gasteiger partial charge in [0.1, 0.15) is 5.75 Å². The molecule has 15 heavy (non-hydrogen) atoms. The fraction of sp³-hybridized carbons (Fsp3) is 0.538. The van der Waals surface area contributed by atoms with E-state index in [9.17, 15) is 0 Å². The van der Waals surface area contributed by atoms with Gasteiger partial charge < -0.3 is 10.5 Å². The first-order valence-corrected chi connectivity index (χ1v) is 5.35. The molecule has 0 saturated heterocycles. The molecule has 0 amide bonds. The Morgan fingerprint density at radius 1 is 1.33 bits per heavy atom. The minimum Gasteiger partial charge on any atom is -0.496 e. The van der Waals surface area contributed by atoms with E-state index in [1.165, 1.54) is 11.1 Å². The lowest BCUT2D eigenvalue weighted by atomic mass is 9.94. The molecule has 0 saturated carbocycles. The number of nitrogens with two attached hydrogens (primary N) is 1. The second-order valence-electron chi connectivity index (χ2n) is 4.73. The molecule has 2 nitrogen and oxygen atoms in total. The molecule has 0 aromatic heterocycles. The molecular weight excluding hydrogens is 186 g/mol. The maximum atomic E-state index is 5.97. The van der Waals surface area contributed by atoms with Crippen molar-refractivity contribution in [2.45, 2.75) is 39.2 Å². The minimum atomic E-state index is -0.102. The second kappa shape index (κ2) is 4.67. The van der Waals surface area contributed by atoms with Gasteiger partial charge in [-0.2, -0.15) is 0 Å². The van der Waals surface area contributed by atoms with E-state index in [1.54, 1.807) is 7.11 Å². The number of hydrogen-bond acceptors (Lipinski definition) is 2. The molecule has 0 aliphatic heterocycles. The lowest BCUT2D eigenvalue weighted by Gasteiger charge is -2.19. The Morgan fingerprint density at radius 2 is 2.00 bits per heavy atom. The SMILES string of the molecule is COc1cccc(CCC(C)(C)N)c1C. The molecule has 0 fully saturated rings. The predicted octanol–water partition coefficient (Wildman–Crippen LogP) is 2.67. The van der Waals surface area contributed by atoms with Crippen LogP contribution >= 0.6 is 0 Å². The van der Waals surface area contributed by atoms with Crippen LogP contribution < -0.4 is 10.5 Å². The van der Waals surface area contributed by atoms with Gasteiger partial charge in [0.25, 0.3) is 0 Å². The van der Waals surface area contributed by atoms with Crippen molar-refractivity contribution in [2.75, 3.05) is 7.11 Å². The molecule has 0 radical (unpaired) electrons. The van der Waals surface area contributed by atoms with E-state index < -0.39 is 0 Å². The highest BCUT2D eigenvalue weighted by Crippen LogP contribution is 2.23. The zero-order valence-corrected chi connectivity index (χ0v) is 10.1. The molecule has 1 aromatic rings. The lowest BCUT2D eigenvalue weighted by Crippen LogP contribution is -2.32. The van der Waals surface area contributed by atoms with Crippen molar-refractivity contribution in [2.24, 2.45) is 5.73 Å². The summed E-state index contributed by atoms with van der Waals surface area (Å²) in [5.74, 6) is 0.960. The normalized spacial score (nSPS) is 11.5. The number of ether oxygens (including phenoxy) is 1. The Labute approximate surface area is 92.4 Å². The summed E-state index contributed by atoms with van der Waals surface area (Å²) in [6, 6.07) is 6.17. The molecule has 0 spiro atoms. The zero-order chi connectivity index (χ0) is 11.5. The molecule has 0 atom stereocenters. The van der Waals surface area contributed by atoms with Gasteiger partial charge in [-0.05, 0) is 50.8 Å². The summed E-state index contributed by atoms with van der Waals surface area (Å²) in [5, 5.41) is 0. The van der Waals surface area contributed by atoms with Gasteiger partial charge in [-0.1, -0.05) is 12.1 Å². The third-order valence-corrected chi connectivity index (χ3v) is 2.65. The highest BCUT2D eigenvalue weighted by molar-refractivity contribution is 5.39. The standard InChI is InChI=1S/C13H21NO/c1-10-11(8-9-13(2,3)14)6-5-7-12(10)15-4/h5-7H,8-9,14H2,1-4H3. The number of aryl methyl sites for hydroxylation is 1. The van der Waals surface area contributed by atoms with Gasteiger partial charge in [0.2, 0.25) is 0 Å². The Kier molecular flexibility index (Phi) is 3.75. The fourth-order valence-electron chi connectivity index (χ4n) is 1.61. The summed E-state index contributed by atoms with van der Waals surface area (Å²) in [7, 11) is 1.71. The van der Waals surface area contributed by atoms with Crippen LogP contribution in [0.1, 0.15) is 31.4 Å². The van der Waals surface area contributed by atoms with E-state index >= 15 is 0 Å². The van der Waals surface area contributed by atoms with E-state index in [-0.39, 0.29) is 5.54 Å². The van der Waals surface area contributed by atoms with Gasteiger partial charge in [0, 0.05) is 5.54 Å². The zero-order valence-electron chi connectivity index (χ0n) is 10.1. The smallest absolute Gasteiger partial charge is 0.122 e. The minimum absolute atomic E-state index is 0.102. The summed E-state index contributed by atoms with van der Waals surface area (Å²) in [4.78, 5) is 0. The predicted molar refractivity (Wildman–Crippen MR) is 64.3 cm³/mol. The molecule has 0 bridgehead atoms. The number of benzene rings is 1. The number of hydrogen-bond donors (Lipinski definition) is 1. The van der Waals surface area contributed by atoms with E-state index in [0.29, 0.717) is 0 Å². The van der Waals surface area contributed by atoms with E-state index in [4.69, 9.17) is 10.5 Å². The van der Waals surface area contributed by atoms with Crippen molar-refractivity contribution in [3.63, 3.8) is 0 Å². The van der Waals surface area contributed by atoms with Crippen LogP contribution in [0, 0.1) is 6.92 Å². The summed E-state index contributed by atoms with van der Waals surface area (Å²) in [6.07, 6.45) is 1.99. The third-order valence-electron chi connectivity index (χ3n) is 2.65. The Morgan fingerprint density at radius 3 is 2.53 bits per heavy atom. The molecule has 84 valence electrons. The monoisotopic (exact) mass is 207 g/mol. The maximum Gasteiger partial charge on any atom is 0.122 e. The lowest BCUT2D eigenvalue weighted by molar-refractivity contribution is 0.410. The number of methoxy groups -OCH3 is 1. The maximum absolute atomic E-state index is 5.97. The average Bonchev–Trinajstić information content (AvgIpc) is 2.15. The fourth-order valence-corrected chi connectivity index (χ4v) is 1.61. The van der Waals surface area contributed by atoms with Crippen molar-refractivity contribution in [1.82, 2.24) is 0 Å². The summed E-state index contributed by atoms with van der Waals surface area (Å²) in [6.45, 7) is 6.21. The van der Waals surface area contributed by atoms with Crippen LogP contribution in [0.15, 0.2) is 18.2 Å². The van der Waals surface area contributed by atoms with Crippen LogP contribution in [-0.2, 0) is 6.42 Å². The molecule has 2 N–H and O–H groups in total. The second-order valence-corrected chi connectivity index (χ2v) is 4.73. The van der Waals surface area contributed by atoms with Crippen molar-refractivity contribution in [3.8, 4) is 5.75 Å². The van der Waals surface area contributed by atoms with Crippen molar-refractivity contribution in [1.29, 1.82) is 0 Å². The van der Waals surface area contributed by atoms with Crippen molar-refractivity contribution in [3.05, 3.63) is 29.3 Å². The molecule has 2 heteroatoms. The number of rotatable bonds is 4. The molecule has 1 aromatic carbocycles. The molecule has 1 rings (SSSR count). The van der Waals surface area contributed by atoms with Crippen LogP contribution in [0.5, 0.6) is 5.75 Å². The molecule has 0 aliphatic carbocycles. The van der Waals surface area contributed by atoms with E-state index in [0.717, 1.165) is 18.6 Å². The van der Waals surface area contributed by atoms with Crippen molar-refractivity contribution >= 4 is 0 Å². The molecule has 0 aliphatic rings. The average molecular weight is 207 g/mol. The van der Waals surface area contributed by atoms with Gasteiger partial charge in [-0.15, -0.1) is 0 Å². The van der Waals surface area contributed by atoms with Gasteiger partial charge >= 0.3 is 0 Å². The Balaban J connectivity index is 2.78. The molecule has 0 unspecified atom stereocenters. The van der Waals surface area contributed by atoms with Gasteiger partial charge in [-0.3, -0.25) is 0 Å². The summed E-state index contributed by atoms with van der Waals surface area (Å²) in [5.41, 5.74) is 8.42. The van der Waals surface area contributed by atoms with Gasteiger partial charge in [0.05, 0.1) is 7.11 Å². The molecular formula is C13H21NO. The first-order chi connectivity index (χ1) is 6.94. The highest BCUT2D eigenvalue weighted by atomic mass is 16.5. The third kappa shape index (κ3) is 3.56. The van der Waals surface area contributed by atoms with E-state index in [2.05, 4.69) is 26.8 Å². The van der Waals surface area contributed by atoms with Crippen LogP contribution in [-0.4, -0.2) is 12.6 Å². The first-order valence-electron chi connectivity index (χ1n) is 5.35.